The van der Waals surface area contributed by atoms with Crippen LogP contribution in [0, 0.1) is 0 Å². The smallest absolute Gasteiger partial charge is 0.339 e. The fourth-order valence-electron chi connectivity index (χ4n) is 4.49. The maximum atomic E-state index is 13.5. The highest BCUT2D eigenvalue weighted by Gasteiger charge is 2.26. The minimum atomic E-state index is -3.85. The molecule has 0 atom stereocenters. The van der Waals surface area contributed by atoms with Crippen molar-refractivity contribution in [2.24, 2.45) is 0 Å². The number of carboxylic acid groups (broad SMARTS) is 1. The summed E-state index contributed by atoms with van der Waals surface area (Å²) in [5, 5.41) is 9.95. The zero-order valence-electron chi connectivity index (χ0n) is 19.6. The van der Waals surface area contributed by atoms with Crippen molar-refractivity contribution in [1.29, 1.82) is 0 Å². The summed E-state index contributed by atoms with van der Waals surface area (Å²) in [4.78, 5) is 14.7. The first kappa shape index (κ1) is 24.8. The van der Waals surface area contributed by atoms with Gasteiger partial charge in [-0.05, 0) is 49.2 Å². The molecule has 1 saturated heterocycles. The Morgan fingerprint density at radius 1 is 1.11 bits per heavy atom. The summed E-state index contributed by atoms with van der Waals surface area (Å²) in [6.07, 6.45) is 10.4. The van der Waals surface area contributed by atoms with Gasteiger partial charge >= 0.3 is 5.97 Å². The van der Waals surface area contributed by atoms with Gasteiger partial charge in [0, 0.05) is 17.7 Å². The van der Waals surface area contributed by atoms with Gasteiger partial charge in [-0.1, -0.05) is 48.9 Å². The molecule has 2 heterocycles. The lowest BCUT2D eigenvalue weighted by atomic mass is 9.99. The summed E-state index contributed by atoms with van der Waals surface area (Å²) < 4.78 is 37.5. The lowest BCUT2D eigenvalue weighted by Gasteiger charge is -2.24. The summed E-state index contributed by atoms with van der Waals surface area (Å²) in [5.74, 6) is -1.62. The number of piperidine rings is 1. The number of rotatable bonds is 9. The van der Waals surface area contributed by atoms with Gasteiger partial charge < -0.3 is 14.3 Å². The monoisotopic (exact) mass is 495 g/mol. The Morgan fingerprint density at radius 2 is 1.89 bits per heavy atom. The van der Waals surface area contributed by atoms with E-state index in [1.165, 1.54) is 45.0 Å². The van der Waals surface area contributed by atoms with Gasteiger partial charge in [0.2, 0.25) is 0 Å². The summed E-state index contributed by atoms with van der Waals surface area (Å²) >= 11 is 0. The minimum Gasteiger partial charge on any atom is -0.495 e. The molecule has 1 fully saturated rings. The van der Waals surface area contributed by atoms with Gasteiger partial charge in [-0.2, -0.15) is 0 Å². The van der Waals surface area contributed by atoms with E-state index < -0.39 is 21.6 Å². The molecule has 0 bridgehead atoms. The summed E-state index contributed by atoms with van der Waals surface area (Å²) in [6.45, 7) is 2.88. The number of methoxy groups -OCH3 is 1. The third-order valence-electron chi connectivity index (χ3n) is 6.20. The highest BCUT2D eigenvalue weighted by Crippen LogP contribution is 2.37. The maximum Gasteiger partial charge on any atom is 0.339 e. The molecule has 4 rings (SSSR count). The van der Waals surface area contributed by atoms with E-state index >= 15 is 0 Å². The van der Waals surface area contributed by atoms with Crippen molar-refractivity contribution in [3.8, 4) is 16.9 Å². The Hall–Kier alpha value is -3.36. The standard InChI is InChI=1S/C27H29NO6S/c1-33-26-23(21-13-17-34-18-21)12-11-22(25(26)27(29)30)19-35(31,32)24-10-4-3-8-20(24)9-7-16-28-14-5-2-6-15-28/h3-4,7-13,17-18H,2,5-6,14-16,19H2,1H3,(H,29,30)/b9-7+. The topological polar surface area (TPSA) is 97.0 Å². The van der Waals surface area contributed by atoms with Gasteiger partial charge in [0.15, 0.2) is 9.84 Å². The van der Waals surface area contributed by atoms with Crippen LogP contribution in [0.4, 0.5) is 0 Å². The molecule has 184 valence electrons. The van der Waals surface area contributed by atoms with Crippen LogP contribution in [-0.2, 0) is 15.6 Å². The average molecular weight is 496 g/mol. The normalized spacial score (nSPS) is 14.9. The van der Waals surface area contributed by atoms with Crippen LogP contribution in [0.3, 0.4) is 0 Å². The number of sulfone groups is 1. The summed E-state index contributed by atoms with van der Waals surface area (Å²) in [5.41, 5.74) is 1.73. The predicted molar refractivity (Wildman–Crippen MR) is 134 cm³/mol. The van der Waals surface area contributed by atoms with Crippen molar-refractivity contribution in [2.75, 3.05) is 26.7 Å². The van der Waals surface area contributed by atoms with Crippen molar-refractivity contribution in [2.45, 2.75) is 29.9 Å². The summed E-state index contributed by atoms with van der Waals surface area (Å²) in [7, 11) is -2.48. The second-order valence-electron chi connectivity index (χ2n) is 8.56. The number of furan rings is 1. The molecule has 1 aromatic heterocycles. The first-order valence-corrected chi connectivity index (χ1v) is 13.2. The van der Waals surface area contributed by atoms with Crippen molar-refractivity contribution in [3.05, 3.63) is 77.8 Å². The number of hydrogen-bond donors (Lipinski definition) is 1. The van der Waals surface area contributed by atoms with Gasteiger partial charge in [0.25, 0.3) is 0 Å². The molecule has 0 radical (unpaired) electrons. The maximum absolute atomic E-state index is 13.5. The zero-order valence-corrected chi connectivity index (χ0v) is 20.5. The second kappa shape index (κ2) is 10.9. The highest BCUT2D eigenvalue weighted by molar-refractivity contribution is 7.90. The Labute approximate surface area is 205 Å². The quantitative estimate of drug-likeness (QED) is 0.440. The fourth-order valence-corrected chi connectivity index (χ4v) is 6.08. The van der Waals surface area contributed by atoms with E-state index in [1.54, 1.807) is 36.4 Å². The van der Waals surface area contributed by atoms with Crippen LogP contribution < -0.4 is 4.74 Å². The molecule has 0 saturated carbocycles. The zero-order chi connectivity index (χ0) is 24.8. The van der Waals surface area contributed by atoms with E-state index in [-0.39, 0.29) is 21.8 Å². The van der Waals surface area contributed by atoms with E-state index in [4.69, 9.17) is 9.15 Å². The SMILES string of the molecule is COc1c(-c2ccoc2)ccc(CS(=O)(=O)c2ccccc2/C=C/CN2CCCCC2)c1C(=O)O. The van der Waals surface area contributed by atoms with E-state index in [0.29, 0.717) is 16.7 Å². The Bertz CT molecular complexity index is 1310. The van der Waals surface area contributed by atoms with Crippen LogP contribution in [0.25, 0.3) is 17.2 Å². The molecule has 0 aliphatic carbocycles. The van der Waals surface area contributed by atoms with Gasteiger partial charge in [0.05, 0.1) is 30.3 Å². The van der Waals surface area contributed by atoms with Crippen molar-refractivity contribution in [1.82, 2.24) is 4.90 Å². The van der Waals surface area contributed by atoms with Crippen LogP contribution in [0.2, 0.25) is 0 Å². The Kier molecular flexibility index (Phi) is 7.73. The number of hydrogen-bond acceptors (Lipinski definition) is 6. The van der Waals surface area contributed by atoms with Crippen molar-refractivity contribution >= 4 is 21.9 Å². The van der Waals surface area contributed by atoms with E-state index in [9.17, 15) is 18.3 Å². The molecule has 1 N–H and O–H groups in total. The Morgan fingerprint density at radius 3 is 2.57 bits per heavy atom. The molecule has 2 aromatic carbocycles. The minimum absolute atomic E-state index is 0.0984. The number of likely N-dealkylation sites (tertiary alicyclic amines) is 1. The van der Waals surface area contributed by atoms with Crippen molar-refractivity contribution in [3.63, 3.8) is 0 Å². The highest BCUT2D eigenvalue weighted by atomic mass is 32.2. The van der Waals surface area contributed by atoms with Crippen LogP contribution in [-0.4, -0.2) is 51.1 Å². The molecule has 3 aromatic rings. The molecule has 8 heteroatoms. The van der Waals surface area contributed by atoms with Crippen molar-refractivity contribution < 1.29 is 27.5 Å². The molecule has 35 heavy (non-hydrogen) atoms. The van der Waals surface area contributed by atoms with E-state index in [0.717, 1.165) is 19.6 Å². The third kappa shape index (κ3) is 5.66. The lowest BCUT2D eigenvalue weighted by Crippen LogP contribution is -2.29. The number of carbonyl (C=O) groups is 1. The molecule has 0 unspecified atom stereocenters. The first-order valence-electron chi connectivity index (χ1n) is 11.6. The number of nitrogens with zero attached hydrogens (tertiary/aromatic N) is 1. The molecular formula is C27H29NO6S. The van der Waals surface area contributed by atoms with Gasteiger partial charge in [-0.25, -0.2) is 13.2 Å². The predicted octanol–water partition coefficient (Wildman–Crippen LogP) is 5.13. The van der Waals surface area contributed by atoms with E-state index in [2.05, 4.69) is 4.90 Å². The van der Waals surface area contributed by atoms with Gasteiger partial charge in [-0.15, -0.1) is 0 Å². The average Bonchev–Trinajstić information content (AvgIpc) is 3.39. The molecule has 0 amide bonds. The molecular weight excluding hydrogens is 466 g/mol. The molecule has 0 spiro atoms. The number of carboxylic acids is 1. The molecule has 7 nitrogen and oxygen atoms in total. The number of benzene rings is 2. The fraction of sp³-hybridized carbons (Fsp3) is 0.296. The van der Waals surface area contributed by atoms with Crippen LogP contribution in [0.1, 0.15) is 40.7 Å². The summed E-state index contributed by atoms with van der Waals surface area (Å²) in [6, 6.07) is 11.7. The molecule has 1 aliphatic rings. The lowest BCUT2D eigenvalue weighted by molar-refractivity contribution is 0.0692. The van der Waals surface area contributed by atoms with Gasteiger partial charge in [-0.3, -0.25) is 4.90 Å². The Balaban J connectivity index is 1.65. The number of aromatic carboxylic acids is 1. The largest absolute Gasteiger partial charge is 0.495 e. The van der Waals surface area contributed by atoms with Crippen LogP contribution in [0.15, 0.2) is 70.4 Å². The number of ether oxygens (including phenoxy) is 1. The third-order valence-corrected chi connectivity index (χ3v) is 7.94. The van der Waals surface area contributed by atoms with Gasteiger partial charge in [0.1, 0.15) is 11.3 Å². The molecule has 1 aliphatic heterocycles. The first-order chi connectivity index (χ1) is 16.9. The van der Waals surface area contributed by atoms with E-state index in [1.807, 2.05) is 12.2 Å². The second-order valence-corrected chi connectivity index (χ2v) is 10.5. The van der Waals surface area contributed by atoms with Crippen LogP contribution >= 0.6 is 0 Å². The van der Waals surface area contributed by atoms with Crippen LogP contribution in [0.5, 0.6) is 5.75 Å².